The van der Waals surface area contributed by atoms with Gasteiger partial charge in [-0.1, -0.05) is 12.8 Å². The molecule has 0 N–H and O–H groups in total. The molecule has 1 aromatic heterocycles. The summed E-state index contributed by atoms with van der Waals surface area (Å²) in [7, 11) is 0. The highest BCUT2D eigenvalue weighted by molar-refractivity contribution is 5.08. The van der Waals surface area contributed by atoms with Crippen LogP contribution in [0, 0.1) is 0 Å². The molecule has 0 unspecified atom stereocenters. The maximum atomic E-state index is 6.14. The molecule has 0 aromatic carbocycles. The number of rotatable bonds is 4. The molecule has 4 rings (SSSR count). The van der Waals surface area contributed by atoms with E-state index in [9.17, 15) is 0 Å². The Bertz CT molecular complexity index is 481. The summed E-state index contributed by atoms with van der Waals surface area (Å²) in [4.78, 5) is 6.69. The maximum Gasteiger partial charge on any atom is 0.0959 e. The summed E-state index contributed by atoms with van der Waals surface area (Å²) in [6, 6.07) is 4.88. The Hall–Kier alpha value is -0.970. The van der Waals surface area contributed by atoms with Crippen molar-refractivity contribution < 1.29 is 9.47 Å². The number of ether oxygens (including phenoxy) is 2. The molecule has 1 aliphatic carbocycles. The molecule has 3 heterocycles. The van der Waals surface area contributed by atoms with Gasteiger partial charge in [0.1, 0.15) is 0 Å². The maximum absolute atomic E-state index is 6.14. The Morgan fingerprint density at radius 1 is 1.18 bits per heavy atom. The first-order valence-electron chi connectivity index (χ1n) is 8.72. The summed E-state index contributed by atoms with van der Waals surface area (Å²) < 4.78 is 12.3. The predicted molar refractivity (Wildman–Crippen MR) is 84.6 cm³/mol. The highest BCUT2D eigenvalue weighted by Crippen LogP contribution is 2.39. The molecular weight excluding hydrogens is 276 g/mol. The van der Waals surface area contributed by atoms with Crippen molar-refractivity contribution in [2.24, 2.45) is 0 Å². The van der Waals surface area contributed by atoms with Crippen LogP contribution >= 0.6 is 0 Å². The molecule has 2 aliphatic heterocycles. The summed E-state index contributed by atoms with van der Waals surface area (Å²) in [5.41, 5.74) is 1.29. The van der Waals surface area contributed by atoms with Crippen LogP contribution in [-0.4, -0.2) is 47.3 Å². The van der Waals surface area contributed by atoms with Crippen molar-refractivity contribution in [3.8, 4) is 0 Å². The van der Waals surface area contributed by atoms with Crippen molar-refractivity contribution in [1.82, 2.24) is 9.88 Å². The highest BCUT2D eigenvalue weighted by atomic mass is 16.5. The zero-order valence-corrected chi connectivity index (χ0v) is 13.2. The molecule has 1 saturated carbocycles. The minimum absolute atomic E-state index is 0.0871. The summed E-state index contributed by atoms with van der Waals surface area (Å²) in [6.07, 6.45) is 11.7. The standard InChI is InChI=1S/C18H26N2O2/c1-2-4-16(3-1)20-13-18(14-20)11-17(7-10-22-18)21-12-15-5-8-19-9-6-15/h5-6,8-9,16-17H,1-4,7,10-14H2/t17-/m0/s1. The van der Waals surface area contributed by atoms with E-state index in [-0.39, 0.29) is 5.60 Å². The fourth-order valence-electron chi connectivity index (χ4n) is 4.26. The largest absolute Gasteiger partial charge is 0.373 e. The lowest BCUT2D eigenvalue weighted by Crippen LogP contribution is -2.67. The van der Waals surface area contributed by atoms with Gasteiger partial charge in [-0.2, -0.15) is 0 Å². The van der Waals surface area contributed by atoms with Gasteiger partial charge in [0.15, 0.2) is 0 Å². The van der Waals surface area contributed by atoms with Gasteiger partial charge < -0.3 is 9.47 Å². The van der Waals surface area contributed by atoms with Crippen LogP contribution in [0.25, 0.3) is 0 Å². The van der Waals surface area contributed by atoms with Crippen LogP contribution in [0.5, 0.6) is 0 Å². The smallest absolute Gasteiger partial charge is 0.0959 e. The number of pyridine rings is 1. The van der Waals surface area contributed by atoms with Gasteiger partial charge >= 0.3 is 0 Å². The van der Waals surface area contributed by atoms with Crippen LogP contribution in [0.3, 0.4) is 0 Å². The summed E-state index contributed by atoms with van der Waals surface area (Å²) >= 11 is 0. The van der Waals surface area contributed by atoms with Gasteiger partial charge in [0.25, 0.3) is 0 Å². The topological polar surface area (TPSA) is 34.6 Å². The zero-order valence-electron chi connectivity index (χ0n) is 13.2. The second-order valence-corrected chi connectivity index (χ2v) is 7.16. The number of aromatic nitrogens is 1. The minimum atomic E-state index is 0.0871. The van der Waals surface area contributed by atoms with E-state index in [2.05, 4.69) is 9.88 Å². The van der Waals surface area contributed by atoms with Crippen molar-refractivity contribution in [2.75, 3.05) is 19.7 Å². The summed E-state index contributed by atoms with van der Waals surface area (Å²) in [5.74, 6) is 0. The van der Waals surface area contributed by atoms with Crippen molar-refractivity contribution in [3.63, 3.8) is 0 Å². The minimum Gasteiger partial charge on any atom is -0.373 e. The molecule has 4 heteroatoms. The molecule has 1 spiro atoms. The third-order valence-electron chi connectivity index (χ3n) is 5.51. The van der Waals surface area contributed by atoms with Crippen molar-refractivity contribution in [1.29, 1.82) is 0 Å². The van der Waals surface area contributed by atoms with E-state index < -0.39 is 0 Å². The van der Waals surface area contributed by atoms with Crippen LogP contribution in [0.2, 0.25) is 0 Å². The SMILES string of the molecule is c1cc(CO[C@H]2CCOC3(C2)CN(C2CCCC2)C3)ccn1. The number of hydrogen-bond acceptors (Lipinski definition) is 4. The Balaban J connectivity index is 1.27. The third kappa shape index (κ3) is 3.05. The number of nitrogens with zero attached hydrogens (tertiary/aromatic N) is 2. The molecular formula is C18H26N2O2. The fraction of sp³-hybridized carbons (Fsp3) is 0.722. The lowest BCUT2D eigenvalue weighted by atomic mass is 9.83. The third-order valence-corrected chi connectivity index (χ3v) is 5.51. The molecule has 22 heavy (non-hydrogen) atoms. The van der Waals surface area contributed by atoms with Gasteiger partial charge in [-0.15, -0.1) is 0 Å². The predicted octanol–water partition coefficient (Wildman–Crippen LogP) is 2.77. The Labute approximate surface area is 132 Å². The van der Waals surface area contributed by atoms with E-state index in [0.717, 1.165) is 38.6 Å². The van der Waals surface area contributed by atoms with E-state index >= 15 is 0 Å². The normalized spacial score (nSPS) is 28.8. The van der Waals surface area contributed by atoms with Gasteiger partial charge in [-0.3, -0.25) is 9.88 Å². The Kier molecular flexibility index (Phi) is 4.16. The molecule has 2 saturated heterocycles. The molecule has 3 aliphatic rings. The van der Waals surface area contributed by atoms with Crippen molar-refractivity contribution >= 4 is 0 Å². The second-order valence-electron chi connectivity index (χ2n) is 7.16. The molecule has 4 nitrogen and oxygen atoms in total. The van der Waals surface area contributed by atoms with Gasteiger partial charge in [0.05, 0.1) is 18.3 Å². The van der Waals surface area contributed by atoms with E-state index in [1.165, 1.54) is 31.2 Å². The second kappa shape index (κ2) is 6.26. The van der Waals surface area contributed by atoms with Crippen LogP contribution < -0.4 is 0 Å². The average Bonchev–Trinajstić information content (AvgIpc) is 3.06. The monoisotopic (exact) mass is 302 g/mol. The van der Waals surface area contributed by atoms with Crippen molar-refractivity contribution in [3.05, 3.63) is 30.1 Å². The first-order valence-corrected chi connectivity index (χ1v) is 8.72. The number of hydrogen-bond donors (Lipinski definition) is 0. The lowest BCUT2D eigenvalue weighted by Gasteiger charge is -2.55. The Morgan fingerprint density at radius 2 is 1.95 bits per heavy atom. The first-order chi connectivity index (χ1) is 10.8. The van der Waals surface area contributed by atoms with Crippen LogP contribution in [0.1, 0.15) is 44.1 Å². The lowest BCUT2D eigenvalue weighted by molar-refractivity contribution is -0.206. The number of likely N-dealkylation sites (tertiary alicyclic amines) is 1. The molecule has 1 aromatic rings. The molecule has 0 radical (unpaired) electrons. The van der Waals surface area contributed by atoms with E-state index in [4.69, 9.17) is 9.47 Å². The van der Waals surface area contributed by atoms with Gasteiger partial charge in [-0.25, -0.2) is 0 Å². The molecule has 0 bridgehead atoms. The Morgan fingerprint density at radius 3 is 2.73 bits per heavy atom. The summed E-state index contributed by atoms with van der Waals surface area (Å²) in [6.45, 7) is 3.77. The van der Waals surface area contributed by atoms with E-state index in [1.54, 1.807) is 0 Å². The van der Waals surface area contributed by atoms with Crippen LogP contribution in [-0.2, 0) is 16.1 Å². The van der Waals surface area contributed by atoms with E-state index in [0.29, 0.717) is 12.7 Å². The highest BCUT2D eigenvalue weighted by Gasteiger charge is 2.49. The molecule has 0 amide bonds. The quantitative estimate of drug-likeness (QED) is 0.856. The van der Waals surface area contributed by atoms with Gasteiger partial charge in [-0.05, 0) is 37.0 Å². The molecule has 3 fully saturated rings. The van der Waals surface area contributed by atoms with Crippen LogP contribution in [0.4, 0.5) is 0 Å². The van der Waals surface area contributed by atoms with Gasteiger partial charge in [0.2, 0.25) is 0 Å². The fourth-order valence-corrected chi connectivity index (χ4v) is 4.26. The van der Waals surface area contributed by atoms with Gasteiger partial charge in [0, 0.05) is 44.6 Å². The van der Waals surface area contributed by atoms with E-state index in [1.807, 2.05) is 24.5 Å². The van der Waals surface area contributed by atoms with Crippen molar-refractivity contribution in [2.45, 2.75) is 62.9 Å². The van der Waals surface area contributed by atoms with Crippen LogP contribution in [0.15, 0.2) is 24.5 Å². The zero-order chi connectivity index (χ0) is 14.8. The summed E-state index contributed by atoms with van der Waals surface area (Å²) in [5, 5.41) is 0. The average molecular weight is 302 g/mol. The molecule has 120 valence electrons. The first kappa shape index (κ1) is 14.6. The molecule has 1 atom stereocenters.